The van der Waals surface area contributed by atoms with Crippen molar-refractivity contribution in [3.05, 3.63) is 53.1 Å². The maximum atomic E-state index is 12.8. The van der Waals surface area contributed by atoms with Crippen LogP contribution in [-0.4, -0.2) is 32.3 Å². The van der Waals surface area contributed by atoms with E-state index in [1.54, 1.807) is 0 Å². The monoisotopic (exact) mass is 366 g/mol. The van der Waals surface area contributed by atoms with Crippen molar-refractivity contribution in [2.75, 3.05) is 19.0 Å². The molecule has 1 heterocycles. The summed E-state index contributed by atoms with van der Waals surface area (Å²) in [6, 6.07) is 12.0. The molecule has 1 N–H and O–H groups in total. The molecular weight excluding hydrogens is 352 g/mol. The van der Waals surface area contributed by atoms with Gasteiger partial charge < -0.3 is 10.1 Å². The molecule has 3 rings (SSSR count). The molecule has 0 unspecified atom stereocenters. The first-order valence-electron chi connectivity index (χ1n) is 7.14. The number of sulfonamides is 1. The number of fused-ring (bicyclic) bond motifs is 1. The number of hydrogen-bond acceptors (Lipinski definition) is 4. The summed E-state index contributed by atoms with van der Waals surface area (Å²) in [7, 11) is -2.32. The highest BCUT2D eigenvalue weighted by molar-refractivity contribution is 7.89. The Labute approximate surface area is 145 Å². The highest BCUT2D eigenvalue weighted by Gasteiger charge is 2.27. The number of rotatable bonds is 4. The average molecular weight is 367 g/mol. The first-order valence-corrected chi connectivity index (χ1v) is 8.96. The molecule has 0 spiro atoms. The summed E-state index contributed by atoms with van der Waals surface area (Å²) < 4.78 is 32.1. The topological polar surface area (TPSA) is 75.7 Å². The van der Waals surface area contributed by atoms with Gasteiger partial charge in [-0.3, -0.25) is 4.79 Å². The van der Waals surface area contributed by atoms with Crippen molar-refractivity contribution in [1.29, 1.82) is 0 Å². The van der Waals surface area contributed by atoms with Crippen LogP contribution in [0.4, 0.5) is 5.69 Å². The standard InChI is InChI=1S/C16H15ClN2O4S/c1-19(9-11-5-3-2-4-6-11)24(21,22)15-8-14-13(7-12(15)17)18-16(20)10-23-14/h2-8H,9-10H2,1H3,(H,18,20). The Hall–Kier alpha value is -2.09. The predicted molar refractivity (Wildman–Crippen MR) is 90.7 cm³/mol. The number of nitrogens with zero attached hydrogens (tertiary/aromatic N) is 1. The first kappa shape index (κ1) is 16.8. The largest absolute Gasteiger partial charge is 0.482 e. The fraction of sp³-hybridized carbons (Fsp3) is 0.188. The van der Waals surface area contributed by atoms with E-state index in [0.717, 1.165) is 5.56 Å². The van der Waals surface area contributed by atoms with Crippen molar-refractivity contribution in [3.8, 4) is 5.75 Å². The van der Waals surface area contributed by atoms with Crippen LogP contribution in [-0.2, 0) is 21.4 Å². The number of ether oxygens (including phenoxy) is 1. The van der Waals surface area contributed by atoms with Crippen molar-refractivity contribution >= 4 is 33.2 Å². The third-order valence-corrected chi connectivity index (χ3v) is 5.87. The zero-order valence-electron chi connectivity index (χ0n) is 12.8. The van der Waals surface area contributed by atoms with Gasteiger partial charge in [0, 0.05) is 19.7 Å². The molecule has 1 amide bonds. The predicted octanol–water partition coefficient (Wildman–Crippen LogP) is 2.49. The molecular formula is C16H15ClN2O4S. The molecule has 8 heteroatoms. The molecule has 2 aromatic rings. The number of halogens is 1. The van der Waals surface area contributed by atoms with E-state index in [1.165, 1.54) is 23.5 Å². The average Bonchev–Trinajstić information content (AvgIpc) is 2.54. The van der Waals surface area contributed by atoms with Gasteiger partial charge in [-0.2, -0.15) is 4.31 Å². The van der Waals surface area contributed by atoms with Crippen LogP contribution in [0.1, 0.15) is 5.56 Å². The lowest BCUT2D eigenvalue weighted by Gasteiger charge is -2.22. The number of amides is 1. The van der Waals surface area contributed by atoms with Crippen LogP contribution in [0.2, 0.25) is 5.02 Å². The summed E-state index contributed by atoms with van der Waals surface area (Å²) in [6.45, 7) is 0.0577. The summed E-state index contributed by atoms with van der Waals surface area (Å²) in [4.78, 5) is 11.3. The van der Waals surface area contributed by atoms with Gasteiger partial charge in [-0.15, -0.1) is 0 Å². The van der Waals surface area contributed by atoms with Crippen molar-refractivity contribution in [1.82, 2.24) is 4.31 Å². The van der Waals surface area contributed by atoms with Gasteiger partial charge in [0.05, 0.1) is 10.7 Å². The van der Waals surface area contributed by atoms with Gasteiger partial charge in [0.25, 0.3) is 5.91 Å². The van der Waals surface area contributed by atoms with Crippen molar-refractivity contribution in [2.45, 2.75) is 11.4 Å². The van der Waals surface area contributed by atoms with E-state index in [-0.39, 0.29) is 34.7 Å². The normalized spacial score (nSPS) is 14.0. The first-order chi connectivity index (χ1) is 11.4. The minimum absolute atomic E-state index is 0.0273. The molecule has 1 aliphatic heterocycles. The van der Waals surface area contributed by atoms with E-state index in [0.29, 0.717) is 5.69 Å². The summed E-state index contributed by atoms with van der Waals surface area (Å²) in [5.41, 5.74) is 1.22. The van der Waals surface area contributed by atoms with Gasteiger partial charge in [-0.1, -0.05) is 41.9 Å². The van der Waals surface area contributed by atoms with Crippen LogP contribution in [0.15, 0.2) is 47.4 Å². The van der Waals surface area contributed by atoms with Gasteiger partial charge in [0.2, 0.25) is 10.0 Å². The second kappa shape index (κ2) is 6.43. The molecule has 0 fully saturated rings. The summed E-state index contributed by atoms with van der Waals surface area (Å²) in [5, 5.41) is 2.62. The van der Waals surface area contributed by atoms with Crippen LogP contribution in [0.25, 0.3) is 0 Å². The van der Waals surface area contributed by atoms with Gasteiger partial charge in [-0.05, 0) is 11.6 Å². The molecule has 6 nitrogen and oxygen atoms in total. The molecule has 0 atom stereocenters. The minimum atomic E-state index is -3.81. The van der Waals surface area contributed by atoms with Crippen LogP contribution in [0.5, 0.6) is 5.75 Å². The van der Waals surface area contributed by atoms with E-state index < -0.39 is 10.0 Å². The minimum Gasteiger partial charge on any atom is -0.482 e. The number of benzene rings is 2. The van der Waals surface area contributed by atoms with Crippen molar-refractivity contribution in [3.63, 3.8) is 0 Å². The quantitative estimate of drug-likeness (QED) is 0.902. The van der Waals surface area contributed by atoms with Crippen LogP contribution in [0.3, 0.4) is 0 Å². The molecule has 0 saturated heterocycles. The van der Waals surface area contributed by atoms with E-state index in [2.05, 4.69) is 5.32 Å². The van der Waals surface area contributed by atoms with E-state index in [4.69, 9.17) is 16.3 Å². The molecule has 126 valence electrons. The Morgan fingerprint density at radius 1 is 1.25 bits per heavy atom. The highest BCUT2D eigenvalue weighted by atomic mass is 35.5. The summed E-state index contributed by atoms with van der Waals surface area (Å²) in [6.07, 6.45) is 0. The summed E-state index contributed by atoms with van der Waals surface area (Å²) >= 11 is 6.13. The van der Waals surface area contributed by atoms with Gasteiger partial charge in [0.15, 0.2) is 6.61 Å². The number of hydrogen-bond donors (Lipinski definition) is 1. The van der Waals surface area contributed by atoms with E-state index in [9.17, 15) is 13.2 Å². The smallest absolute Gasteiger partial charge is 0.262 e. The SMILES string of the molecule is CN(Cc1ccccc1)S(=O)(=O)c1cc2c(cc1Cl)NC(=O)CO2. The summed E-state index contributed by atoms with van der Waals surface area (Å²) in [5.74, 6) is -0.0268. The molecule has 0 radical (unpaired) electrons. The van der Waals surface area contributed by atoms with Crippen molar-refractivity contribution < 1.29 is 17.9 Å². The third-order valence-electron chi connectivity index (χ3n) is 3.60. The Morgan fingerprint density at radius 2 is 1.96 bits per heavy atom. The number of carbonyl (C=O) groups excluding carboxylic acids is 1. The van der Waals surface area contributed by atoms with Crippen LogP contribution in [0, 0.1) is 0 Å². The fourth-order valence-corrected chi connectivity index (χ4v) is 4.04. The molecule has 0 aliphatic carbocycles. The number of nitrogens with one attached hydrogen (secondary N) is 1. The lowest BCUT2D eigenvalue weighted by atomic mass is 10.2. The maximum absolute atomic E-state index is 12.8. The molecule has 0 aromatic heterocycles. The van der Waals surface area contributed by atoms with Gasteiger partial charge in [0.1, 0.15) is 10.6 Å². The molecule has 24 heavy (non-hydrogen) atoms. The molecule has 2 aromatic carbocycles. The number of carbonyl (C=O) groups is 1. The van der Waals surface area contributed by atoms with E-state index >= 15 is 0 Å². The Balaban J connectivity index is 1.93. The Morgan fingerprint density at radius 3 is 2.67 bits per heavy atom. The lowest BCUT2D eigenvalue weighted by Crippen LogP contribution is -2.28. The van der Waals surface area contributed by atoms with Crippen LogP contribution >= 0.6 is 11.6 Å². The van der Waals surface area contributed by atoms with Gasteiger partial charge >= 0.3 is 0 Å². The maximum Gasteiger partial charge on any atom is 0.262 e. The Kier molecular flexibility index (Phi) is 4.49. The van der Waals surface area contributed by atoms with Crippen LogP contribution < -0.4 is 10.1 Å². The number of anilines is 1. The Bertz CT molecular complexity index is 884. The second-order valence-corrected chi connectivity index (χ2v) is 7.78. The third kappa shape index (κ3) is 3.24. The zero-order valence-corrected chi connectivity index (χ0v) is 14.4. The molecule has 0 bridgehead atoms. The van der Waals surface area contributed by atoms with Gasteiger partial charge in [-0.25, -0.2) is 8.42 Å². The molecule has 1 aliphatic rings. The van der Waals surface area contributed by atoms with E-state index in [1.807, 2.05) is 30.3 Å². The molecule has 0 saturated carbocycles. The second-order valence-electron chi connectivity index (χ2n) is 5.36. The zero-order chi connectivity index (χ0) is 17.3. The highest BCUT2D eigenvalue weighted by Crippen LogP contribution is 2.36. The fourth-order valence-electron chi connectivity index (χ4n) is 2.37. The van der Waals surface area contributed by atoms with Crippen molar-refractivity contribution in [2.24, 2.45) is 0 Å². The lowest BCUT2D eigenvalue weighted by molar-refractivity contribution is -0.118.